The molecule has 6 aliphatic rings. The molecule has 6 rings (SSSR count). The highest BCUT2D eigenvalue weighted by atomic mass is 16.5. The fourth-order valence-corrected chi connectivity index (χ4v) is 10.7. The predicted molar refractivity (Wildman–Crippen MR) is 289 cm³/mol. The first-order valence-electron chi connectivity index (χ1n) is 25.3. The number of carbonyl (C=O) groups excluding carboxylic acids is 4. The van der Waals surface area contributed by atoms with E-state index in [1.54, 1.807) is 13.8 Å². The number of nitrogens with zero attached hydrogens (tertiary/aromatic N) is 2. The van der Waals surface area contributed by atoms with Crippen LogP contribution in [0.4, 0.5) is 0 Å². The summed E-state index contributed by atoms with van der Waals surface area (Å²) in [6.45, 7) is 13.9. The monoisotopic (exact) mass is 1020 g/mol. The topological polar surface area (TPSA) is 93.2 Å². The minimum Gasteiger partial charge on any atom is -0.462 e. The first-order chi connectivity index (χ1) is 38.5. The fourth-order valence-electron chi connectivity index (χ4n) is 10.7. The summed E-state index contributed by atoms with van der Waals surface area (Å²) < 4.78 is 12.1. The molecule has 4 saturated carbocycles. The summed E-state index contributed by atoms with van der Waals surface area (Å²) in [5.41, 5.74) is 86.8. The molecule has 6 aliphatic carbocycles. The average Bonchev–Trinajstić information content (AvgIpc) is 4.51. The SMILES string of the molecule is C=C=C=C=C=C=C=C=C=C=C=C=C=C=C=C=C=C=C=C=C=C=C=C=C=C=C=C=C=C=C=C=C=C=C=C(CN(CCC(=O)OC1CC2CC1C1C=CCC21)C(=O)C(=C)C)N(CCC(=O)OC1CC2CC1C1C=CCC21)C(=O)C(=C)C. The molecule has 4 bridgehead atoms. The Balaban J connectivity index is 1.23. The maximum Gasteiger partial charge on any atom is 0.307 e. The minimum absolute atomic E-state index is 0.0309. The van der Waals surface area contributed by atoms with E-state index in [1.165, 1.54) is 9.80 Å². The maximum absolute atomic E-state index is 13.9. The van der Waals surface area contributed by atoms with Crippen molar-refractivity contribution in [2.75, 3.05) is 19.6 Å². The van der Waals surface area contributed by atoms with Crippen molar-refractivity contribution in [3.8, 4) is 0 Å². The lowest BCUT2D eigenvalue weighted by Gasteiger charge is -2.32. The van der Waals surface area contributed by atoms with Crippen molar-refractivity contribution in [3.63, 3.8) is 0 Å². The van der Waals surface area contributed by atoms with Crippen LogP contribution in [-0.4, -0.2) is 65.4 Å². The van der Waals surface area contributed by atoms with E-state index in [0.29, 0.717) is 47.3 Å². The molecule has 79 heavy (non-hydrogen) atoms. The Morgan fingerprint density at radius 3 is 1.15 bits per heavy atom. The lowest BCUT2D eigenvalue weighted by Crippen LogP contribution is -2.42. The van der Waals surface area contributed by atoms with E-state index in [0.717, 1.165) is 38.5 Å². The van der Waals surface area contributed by atoms with Gasteiger partial charge in [0.25, 0.3) is 5.91 Å². The molecule has 8 heteroatoms. The zero-order valence-electron chi connectivity index (χ0n) is 43.8. The van der Waals surface area contributed by atoms with Gasteiger partial charge in [0.2, 0.25) is 5.91 Å². The number of carbonyl (C=O) groups is 4. The Morgan fingerprint density at radius 1 is 0.456 bits per heavy atom. The number of esters is 2. The fraction of sp³-hybridized carbons (Fsp3) is 0.324. The highest BCUT2D eigenvalue weighted by molar-refractivity contribution is 5.94. The molecule has 10 atom stereocenters. The summed E-state index contributed by atoms with van der Waals surface area (Å²) in [5.74, 6) is 2.08. The number of rotatable bonds is 13. The van der Waals surface area contributed by atoms with E-state index in [9.17, 15) is 19.2 Å². The van der Waals surface area contributed by atoms with Gasteiger partial charge in [0.05, 0.1) is 25.1 Å². The molecular weight excluding hydrogens is 977 g/mol. The molecule has 0 saturated heterocycles. The first-order valence-corrected chi connectivity index (χ1v) is 25.3. The second kappa shape index (κ2) is 31.1. The zero-order chi connectivity index (χ0) is 56.0. The smallest absolute Gasteiger partial charge is 0.307 e. The second-order valence-corrected chi connectivity index (χ2v) is 18.7. The summed E-state index contributed by atoms with van der Waals surface area (Å²) in [4.78, 5) is 57.2. The molecule has 0 aromatic rings. The molecule has 4 fully saturated rings. The van der Waals surface area contributed by atoms with Crippen molar-refractivity contribution in [1.82, 2.24) is 9.80 Å². The molecule has 0 spiro atoms. The summed E-state index contributed by atoms with van der Waals surface area (Å²) in [6.07, 6.45) is 14.5. The van der Waals surface area contributed by atoms with E-state index >= 15 is 0 Å². The molecule has 0 N–H and O–H groups in total. The van der Waals surface area contributed by atoms with Crippen LogP contribution in [0.5, 0.6) is 0 Å². The summed E-state index contributed by atoms with van der Waals surface area (Å²) in [7, 11) is 0. The van der Waals surface area contributed by atoms with Crippen molar-refractivity contribution < 1.29 is 28.7 Å². The molecule has 0 aliphatic heterocycles. The van der Waals surface area contributed by atoms with Gasteiger partial charge >= 0.3 is 11.9 Å². The van der Waals surface area contributed by atoms with Gasteiger partial charge in [-0.3, -0.25) is 19.2 Å². The van der Waals surface area contributed by atoms with Crippen molar-refractivity contribution in [2.24, 2.45) is 47.3 Å². The summed E-state index contributed by atoms with van der Waals surface area (Å²) >= 11 is 0. The minimum atomic E-state index is -0.503. The standard InChI is InChI=1S/C71H48N2O6/c1-6-7-8-9-10-11-12-13-14-15-16-17-18-19-20-21-22-23-24-25-26-27-28-29-30-31-32-33-34-35-36-37-38-41-59(73(71(77)56(4)5)49-47-69(75)79-67-53-58-51-65(67)63-45-40-43-61(58)63)54-72(70(76)55(2)3)48-46-68(74)78-66-52-57-50-64(66)62-44-39-42-60(57)62/h39-40,44-45,57-58,60-67H,1-2,4,42-43,46-54H2,3,5H3. The Kier molecular flexibility index (Phi) is 22.6. The van der Waals surface area contributed by atoms with Crippen LogP contribution in [0.25, 0.3) is 0 Å². The highest BCUT2D eigenvalue weighted by Crippen LogP contribution is 2.58. The molecular formula is C71H48N2O6. The van der Waals surface area contributed by atoms with Crippen molar-refractivity contribution >= 4 is 23.8 Å². The Hall–Kier alpha value is -10.9. The van der Waals surface area contributed by atoms with Gasteiger partial charge in [0.15, 0.2) is 0 Å². The van der Waals surface area contributed by atoms with Gasteiger partial charge in [-0.15, -0.1) is 0 Å². The third-order valence-electron chi connectivity index (χ3n) is 13.7. The van der Waals surface area contributed by atoms with Crippen molar-refractivity contribution in [3.05, 3.63) is 256 Å². The molecule has 0 radical (unpaired) electrons. The molecule has 0 aromatic heterocycles. The molecule has 2 amide bonds. The number of amides is 2. The summed E-state index contributed by atoms with van der Waals surface area (Å²) in [6, 6.07) is 0. The number of fused-ring (bicyclic) bond motifs is 10. The number of hydrogen-bond donors (Lipinski definition) is 0. The first kappa shape index (κ1) is 57.4. The quantitative estimate of drug-likeness (QED) is 0.0790. The van der Waals surface area contributed by atoms with Gasteiger partial charge in [-0.1, -0.05) is 43.2 Å². The third-order valence-corrected chi connectivity index (χ3v) is 13.7. The molecule has 378 valence electrons. The predicted octanol–water partition coefficient (Wildman–Crippen LogP) is 10.7. The van der Waals surface area contributed by atoms with Gasteiger partial charge < -0.3 is 19.3 Å². The number of hydrogen-bond acceptors (Lipinski definition) is 6. The average molecular weight is 1030 g/mol. The maximum atomic E-state index is 13.9. The lowest BCUT2D eigenvalue weighted by atomic mass is 9.80. The Labute approximate surface area is 460 Å². The number of ether oxygens (including phenoxy) is 2. The van der Waals surface area contributed by atoms with Gasteiger partial charge in [-0.25, -0.2) is 0 Å². The van der Waals surface area contributed by atoms with Gasteiger partial charge in [0, 0.05) is 128 Å². The van der Waals surface area contributed by atoms with E-state index in [4.69, 9.17) is 9.47 Å². The van der Waals surface area contributed by atoms with Gasteiger partial charge in [0.1, 0.15) is 12.2 Å². The molecule has 8 nitrogen and oxygen atoms in total. The lowest BCUT2D eigenvalue weighted by molar-refractivity contribution is -0.154. The second-order valence-electron chi connectivity index (χ2n) is 18.7. The van der Waals surface area contributed by atoms with E-state index < -0.39 is 23.8 Å². The largest absolute Gasteiger partial charge is 0.462 e. The van der Waals surface area contributed by atoms with Crippen LogP contribution in [0, 0.1) is 47.3 Å². The Bertz CT molecular complexity index is 4120. The van der Waals surface area contributed by atoms with Crippen LogP contribution in [0.3, 0.4) is 0 Å². The van der Waals surface area contributed by atoms with E-state index in [-0.39, 0.29) is 61.5 Å². The van der Waals surface area contributed by atoms with E-state index in [2.05, 4.69) is 239 Å². The van der Waals surface area contributed by atoms with Crippen LogP contribution >= 0.6 is 0 Å². The highest BCUT2D eigenvalue weighted by Gasteiger charge is 2.55. The third kappa shape index (κ3) is 17.9. The number of allylic oxidation sites excluding steroid dienone is 4. The van der Waals surface area contributed by atoms with Gasteiger partial charge in [-0.05, 0) is 192 Å². The molecule has 10 unspecified atom stereocenters. The summed E-state index contributed by atoms with van der Waals surface area (Å²) in [5, 5.41) is 0. The molecule has 0 aromatic carbocycles. The Morgan fingerprint density at radius 2 is 0.797 bits per heavy atom. The van der Waals surface area contributed by atoms with Crippen LogP contribution in [0.15, 0.2) is 256 Å². The van der Waals surface area contributed by atoms with Crippen molar-refractivity contribution in [1.29, 1.82) is 0 Å². The zero-order valence-corrected chi connectivity index (χ0v) is 43.8. The van der Waals surface area contributed by atoms with Crippen LogP contribution in [0.2, 0.25) is 0 Å². The molecule has 0 heterocycles. The van der Waals surface area contributed by atoms with Crippen LogP contribution < -0.4 is 0 Å². The normalized spacial score (nSPS) is 21.3. The van der Waals surface area contributed by atoms with Crippen LogP contribution in [0.1, 0.15) is 65.2 Å². The van der Waals surface area contributed by atoms with E-state index in [1.807, 2.05) is 0 Å². The van der Waals surface area contributed by atoms with Crippen molar-refractivity contribution in [2.45, 2.75) is 77.4 Å². The van der Waals surface area contributed by atoms with Gasteiger partial charge in [-0.2, -0.15) is 0 Å². The van der Waals surface area contributed by atoms with Crippen LogP contribution in [-0.2, 0) is 28.7 Å².